The molecule has 32 heavy (non-hydrogen) atoms. The van der Waals surface area contributed by atoms with Crippen molar-refractivity contribution >= 4 is 28.5 Å². The second-order valence-corrected chi connectivity index (χ2v) is 8.88. The molecule has 2 aromatic carbocycles. The third-order valence-corrected chi connectivity index (χ3v) is 5.06. The molecule has 0 radical (unpaired) electrons. The van der Waals surface area contributed by atoms with Crippen LogP contribution >= 0.6 is 10.5 Å². The van der Waals surface area contributed by atoms with Crippen LogP contribution in [0.5, 0.6) is 0 Å². The predicted molar refractivity (Wildman–Crippen MR) is 103 cm³/mol. The zero-order valence-electron chi connectivity index (χ0n) is 16.0. The average molecular weight is 481 g/mol. The van der Waals surface area contributed by atoms with Crippen LogP contribution in [-0.4, -0.2) is 35.8 Å². The van der Waals surface area contributed by atoms with Gasteiger partial charge in [0.05, 0.1) is 6.42 Å². The number of nitrogens with one attached hydrogen (secondary N) is 1. The van der Waals surface area contributed by atoms with Crippen molar-refractivity contribution in [2.45, 2.75) is 18.4 Å². The zero-order chi connectivity index (χ0) is 23.8. The number of amides is 1. The number of rotatable bonds is 7. The van der Waals surface area contributed by atoms with Gasteiger partial charge in [-0.3, -0.25) is 4.79 Å². The van der Waals surface area contributed by atoms with Gasteiger partial charge in [0.1, 0.15) is 12.6 Å². The number of ether oxygens (including phenoxy) is 1. The van der Waals surface area contributed by atoms with Crippen LogP contribution in [0.3, 0.4) is 0 Å². The van der Waals surface area contributed by atoms with Crippen molar-refractivity contribution in [2.24, 2.45) is 0 Å². The van der Waals surface area contributed by atoms with Crippen molar-refractivity contribution < 1.29 is 47.8 Å². The summed E-state index contributed by atoms with van der Waals surface area (Å²) in [6, 6.07) is 12.3. The summed E-state index contributed by atoms with van der Waals surface area (Å²) in [6.45, 7) is -0.248. The minimum atomic E-state index is -10.6. The standard InChI is InChI=1S/C19H16F5NO6S/c20-32(21,22,23,24)31-17(26)9-16(18(27)28)25-19(29)30-10-15-13-7-3-1-5-11(13)12-6-2-4-8-14(12)15/h1-8,15-16H,9-10H2,(H,25,29)(H,27,28)/t16-/m0/s1. The molecule has 7 nitrogen and oxygen atoms in total. The molecule has 0 fully saturated rings. The highest BCUT2D eigenvalue weighted by Gasteiger charge is 2.68. The maximum atomic E-state index is 12.2. The number of benzene rings is 2. The first kappa shape index (κ1) is 23.3. The summed E-state index contributed by atoms with van der Waals surface area (Å²) in [4.78, 5) is 34.3. The Morgan fingerprint density at radius 1 is 0.938 bits per heavy atom. The van der Waals surface area contributed by atoms with Gasteiger partial charge in [0.15, 0.2) is 0 Å². The quantitative estimate of drug-likeness (QED) is 0.532. The van der Waals surface area contributed by atoms with E-state index in [9.17, 15) is 33.8 Å². The monoisotopic (exact) mass is 481 g/mol. The van der Waals surface area contributed by atoms with Gasteiger partial charge in [-0.25, -0.2) is 9.59 Å². The molecule has 0 bridgehead atoms. The molecule has 0 saturated carbocycles. The van der Waals surface area contributed by atoms with Crippen LogP contribution in [0.1, 0.15) is 23.5 Å². The van der Waals surface area contributed by atoms with Crippen molar-refractivity contribution in [3.63, 3.8) is 0 Å². The highest BCUT2D eigenvalue weighted by molar-refractivity contribution is 8.42. The molecule has 1 atom stereocenters. The Kier molecular flexibility index (Phi) is 5.36. The molecule has 0 heterocycles. The van der Waals surface area contributed by atoms with Gasteiger partial charge in [0.2, 0.25) is 0 Å². The van der Waals surface area contributed by atoms with E-state index in [0.717, 1.165) is 22.3 Å². The Morgan fingerprint density at radius 2 is 1.44 bits per heavy atom. The van der Waals surface area contributed by atoms with Crippen LogP contribution in [0.4, 0.5) is 24.2 Å². The molecular formula is C19H16F5NO6S. The smallest absolute Gasteiger partial charge is 0.438 e. The Hall–Kier alpha value is -3.35. The highest BCUT2D eigenvalue weighted by Crippen LogP contribution is 2.98. The number of aliphatic carboxylic acids is 1. The van der Waals surface area contributed by atoms with Gasteiger partial charge in [-0.2, -0.15) is 0 Å². The SMILES string of the molecule is O=C(C[C@H](NC(=O)OCC1c2ccccc2-c2ccccc21)C(=O)O)OS(F)(F)(F)(F)F. The summed E-state index contributed by atoms with van der Waals surface area (Å²) < 4.78 is 68.4. The molecule has 13 heteroatoms. The minimum Gasteiger partial charge on any atom is -0.480 e. The average Bonchev–Trinajstić information content (AvgIpc) is 2.97. The summed E-state index contributed by atoms with van der Waals surface area (Å²) in [5.41, 5.74) is 3.52. The number of carboxylic acids is 1. The van der Waals surface area contributed by atoms with Crippen LogP contribution in [0, 0.1) is 0 Å². The summed E-state index contributed by atoms with van der Waals surface area (Å²) in [6.07, 6.45) is -3.05. The van der Waals surface area contributed by atoms with Crippen molar-refractivity contribution in [2.75, 3.05) is 6.61 Å². The van der Waals surface area contributed by atoms with E-state index in [1.165, 1.54) is 0 Å². The predicted octanol–water partition coefficient (Wildman–Crippen LogP) is 5.13. The first-order valence-corrected chi connectivity index (χ1v) is 10.8. The Labute approximate surface area is 178 Å². The molecule has 1 aliphatic rings. The second-order valence-electron chi connectivity index (χ2n) is 6.92. The molecule has 1 aliphatic carbocycles. The van der Waals surface area contributed by atoms with Gasteiger partial charge in [0, 0.05) is 5.92 Å². The van der Waals surface area contributed by atoms with Crippen LogP contribution in [0.15, 0.2) is 48.5 Å². The van der Waals surface area contributed by atoms with E-state index >= 15 is 0 Å². The summed E-state index contributed by atoms with van der Waals surface area (Å²) in [5, 5.41) is 10.7. The number of hydrogen-bond acceptors (Lipinski definition) is 5. The molecule has 3 rings (SSSR count). The molecule has 0 spiro atoms. The lowest BCUT2D eigenvalue weighted by atomic mass is 9.98. The summed E-state index contributed by atoms with van der Waals surface area (Å²) in [7, 11) is -10.6. The lowest BCUT2D eigenvalue weighted by molar-refractivity contribution is -0.145. The van der Waals surface area contributed by atoms with Crippen LogP contribution in [0.2, 0.25) is 0 Å². The lowest BCUT2D eigenvalue weighted by Gasteiger charge is -2.38. The fraction of sp³-hybridized carbons (Fsp3) is 0.211. The third kappa shape index (κ3) is 5.87. The third-order valence-electron chi connectivity index (χ3n) is 4.56. The number of carboxylic acid groups (broad SMARTS) is 1. The number of alkyl carbamates (subject to hydrolysis) is 1. The number of halogens is 5. The van der Waals surface area contributed by atoms with E-state index in [4.69, 9.17) is 9.84 Å². The molecule has 1 amide bonds. The molecule has 0 aliphatic heterocycles. The number of carbonyl (C=O) groups excluding carboxylic acids is 2. The molecule has 2 aromatic rings. The molecule has 2 N–H and O–H groups in total. The topological polar surface area (TPSA) is 102 Å². The van der Waals surface area contributed by atoms with E-state index in [1.807, 2.05) is 36.4 Å². The summed E-state index contributed by atoms with van der Waals surface area (Å²) in [5.74, 6) is -4.90. The van der Waals surface area contributed by atoms with Crippen molar-refractivity contribution in [3.05, 3.63) is 59.7 Å². The van der Waals surface area contributed by atoms with Gasteiger partial charge < -0.3 is 19.3 Å². The Morgan fingerprint density at radius 3 is 1.91 bits per heavy atom. The first-order chi connectivity index (χ1) is 14.6. The molecule has 0 unspecified atom stereocenters. The minimum absolute atomic E-state index is 0.248. The molecule has 0 saturated heterocycles. The molecule has 174 valence electrons. The number of carbonyl (C=O) groups is 3. The van der Waals surface area contributed by atoms with Crippen LogP contribution in [-0.2, 0) is 18.5 Å². The van der Waals surface area contributed by atoms with Crippen LogP contribution < -0.4 is 5.32 Å². The highest BCUT2D eigenvalue weighted by atomic mass is 32.5. The Balaban J connectivity index is 1.65. The van der Waals surface area contributed by atoms with E-state index in [0.29, 0.717) is 0 Å². The summed E-state index contributed by atoms with van der Waals surface area (Å²) >= 11 is 0. The van der Waals surface area contributed by atoms with Crippen molar-refractivity contribution in [1.29, 1.82) is 0 Å². The van der Waals surface area contributed by atoms with Gasteiger partial charge in [-0.05, 0) is 22.3 Å². The zero-order valence-corrected chi connectivity index (χ0v) is 16.8. The number of hydrogen-bond donors (Lipinski definition) is 2. The van der Waals surface area contributed by atoms with Gasteiger partial charge in [-0.1, -0.05) is 68.0 Å². The molecule has 0 aromatic heterocycles. The van der Waals surface area contributed by atoms with E-state index < -0.39 is 46.9 Å². The maximum absolute atomic E-state index is 12.2. The lowest BCUT2D eigenvalue weighted by Crippen LogP contribution is -2.43. The van der Waals surface area contributed by atoms with E-state index in [-0.39, 0.29) is 6.61 Å². The Bertz CT molecular complexity index is 1050. The van der Waals surface area contributed by atoms with E-state index in [1.54, 1.807) is 17.4 Å². The van der Waals surface area contributed by atoms with Gasteiger partial charge in [0.25, 0.3) is 0 Å². The first-order valence-electron chi connectivity index (χ1n) is 8.95. The van der Waals surface area contributed by atoms with Crippen LogP contribution in [0.25, 0.3) is 11.1 Å². The fourth-order valence-electron chi connectivity index (χ4n) is 3.36. The second kappa shape index (κ2) is 7.36. The largest absolute Gasteiger partial charge is 0.480 e. The van der Waals surface area contributed by atoms with E-state index in [2.05, 4.69) is 4.18 Å². The number of fused-ring (bicyclic) bond motifs is 3. The van der Waals surface area contributed by atoms with Crippen molar-refractivity contribution in [3.8, 4) is 11.1 Å². The molecular weight excluding hydrogens is 465 g/mol. The van der Waals surface area contributed by atoms with Gasteiger partial charge in [-0.15, -0.1) is 0 Å². The van der Waals surface area contributed by atoms with Crippen molar-refractivity contribution in [1.82, 2.24) is 5.32 Å². The fourth-order valence-corrected chi connectivity index (χ4v) is 3.78. The van der Waals surface area contributed by atoms with Gasteiger partial charge >= 0.3 is 28.5 Å². The normalized spacial score (nSPS) is 16.0. The maximum Gasteiger partial charge on any atom is 0.438 e.